The summed E-state index contributed by atoms with van der Waals surface area (Å²) in [6, 6.07) is 9.77. The normalized spacial score (nSPS) is 11.0. The van der Waals surface area contributed by atoms with Crippen molar-refractivity contribution >= 4 is 33.0 Å². The maximum Gasteiger partial charge on any atom is 0.186 e. The third-order valence-corrected chi connectivity index (χ3v) is 4.66. The minimum Gasteiger partial charge on any atom is -0.292 e. The number of ketones is 1. The molecule has 0 aliphatic heterocycles. The lowest BCUT2D eigenvalue weighted by molar-refractivity contribution is 0.0933. The largest absolute Gasteiger partial charge is 0.292 e. The minimum atomic E-state index is 0.162. The number of halogens is 1. The lowest BCUT2D eigenvalue weighted by Crippen LogP contribution is -2.29. The lowest BCUT2D eigenvalue weighted by atomic mass is 10.2. The van der Waals surface area contributed by atoms with Crippen molar-refractivity contribution < 1.29 is 4.79 Å². The Labute approximate surface area is 131 Å². The van der Waals surface area contributed by atoms with Gasteiger partial charge < -0.3 is 0 Å². The standard InChI is InChI=1S/C15H17BrN2OS/c1-3-18(9-12-6-4-5-11(2)17-12)10-13(19)14-7-8-15(16)20-14/h4-8H,3,9-10H2,1-2H3. The van der Waals surface area contributed by atoms with Crippen molar-refractivity contribution in [2.75, 3.05) is 13.1 Å². The first-order chi connectivity index (χ1) is 9.58. The molecule has 0 unspecified atom stereocenters. The number of carbonyl (C=O) groups is 1. The predicted molar refractivity (Wildman–Crippen MR) is 86.3 cm³/mol. The summed E-state index contributed by atoms with van der Waals surface area (Å²) in [6.07, 6.45) is 0. The molecule has 3 nitrogen and oxygen atoms in total. The van der Waals surface area contributed by atoms with Crippen LogP contribution in [-0.4, -0.2) is 28.8 Å². The van der Waals surface area contributed by atoms with E-state index < -0.39 is 0 Å². The number of Topliss-reactive ketones (excluding diaryl/α,β-unsaturated/α-hetero) is 1. The number of likely N-dealkylation sites (N-methyl/N-ethyl adjacent to an activating group) is 1. The molecule has 106 valence electrons. The summed E-state index contributed by atoms with van der Waals surface area (Å²) in [5, 5.41) is 0. The van der Waals surface area contributed by atoms with Crippen LogP contribution in [-0.2, 0) is 6.54 Å². The molecule has 0 fully saturated rings. The van der Waals surface area contributed by atoms with Gasteiger partial charge in [0.2, 0.25) is 0 Å². The Morgan fingerprint density at radius 2 is 2.15 bits per heavy atom. The Kier molecular flexibility index (Phi) is 5.46. The average molecular weight is 353 g/mol. The first kappa shape index (κ1) is 15.4. The Morgan fingerprint density at radius 1 is 1.35 bits per heavy atom. The van der Waals surface area contributed by atoms with Gasteiger partial charge in [-0.2, -0.15) is 0 Å². The highest BCUT2D eigenvalue weighted by Gasteiger charge is 2.14. The number of hydrogen-bond acceptors (Lipinski definition) is 4. The maximum absolute atomic E-state index is 12.2. The number of aryl methyl sites for hydroxylation is 1. The fraction of sp³-hybridized carbons (Fsp3) is 0.333. The topological polar surface area (TPSA) is 33.2 Å². The molecule has 0 amide bonds. The third kappa shape index (κ3) is 4.23. The van der Waals surface area contributed by atoms with Crippen molar-refractivity contribution in [3.05, 3.63) is 50.4 Å². The number of pyridine rings is 1. The smallest absolute Gasteiger partial charge is 0.186 e. The van der Waals surface area contributed by atoms with E-state index in [1.54, 1.807) is 0 Å². The zero-order chi connectivity index (χ0) is 14.5. The molecule has 20 heavy (non-hydrogen) atoms. The van der Waals surface area contributed by atoms with E-state index in [2.05, 4.69) is 32.7 Å². The van der Waals surface area contributed by atoms with Crippen LogP contribution in [0.15, 0.2) is 34.1 Å². The van der Waals surface area contributed by atoms with Crippen LogP contribution in [0.25, 0.3) is 0 Å². The summed E-state index contributed by atoms with van der Waals surface area (Å²) in [4.78, 5) is 19.6. The molecule has 2 heterocycles. The van der Waals surface area contributed by atoms with Crippen molar-refractivity contribution in [2.45, 2.75) is 20.4 Å². The molecule has 0 aliphatic carbocycles. The maximum atomic E-state index is 12.2. The summed E-state index contributed by atoms with van der Waals surface area (Å²) >= 11 is 4.87. The summed E-state index contributed by atoms with van der Waals surface area (Å²) in [5.41, 5.74) is 2.01. The molecular weight excluding hydrogens is 336 g/mol. The number of rotatable bonds is 6. The molecule has 0 saturated heterocycles. The van der Waals surface area contributed by atoms with Crippen molar-refractivity contribution in [3.8, 4) is 0 Å². The van der Waals surface area contributed by atoms with Crippen LogP contribution >= 0.6 is 27.3 Å². The lowest BCUT2D eigenvalue weighted by Gasteiger charge is -2.18. The van der Waals surface area contributed by atoms with Gasteiger partial charge in [-0.3, -0.25) is 14.7 Å². The van der Waals surface area contributed by atoms with Crippen molar-refractivity contribution in [2.24, 2.45) is 0 Å². The molecule has 0 bridgehead atoms. The second-order valence-electron chi connectivity index (χ2n) is 4.60. The fourth-order valence-electron chi connectivity index (χ4n) is 1.94. The summed E-state index contributed by atoms with van der Waals surface area (Å²) < 4.78 is 0.990. The monoisotopic (exact) mass is 352 g/mol. The SMILES string of the molecule is CCN(CC(=O)c1ccc(Br)s1)Cc1cccc(C)n1. The molecule has 0 radical (unpaired) electrons. The molecule has 0 aromatic carbocycles. The van der Waals surface area contributed by atoms with E-state index in [9.17, 15) is 4.79 Å². The average Bonchev–Trinajstić information content (AvgIpc) is 2.85. The van der Waals surface area contributed by atoms with Gasteiger partial charge in [0.1, 0.15) is 0 Å². The predicted octanol–water partition coefficient (Wildman–Crippen LogP) is 3.92. The van der Waals surface area contributed by atoms with E-state index in [1.165, 1.54) is 11.3 Å². The van der Waals surface area contributed by atoms with E-state index in [1.807, 2.05) is 37.3 Å². The third-order valence-electron chi connectivity index (χ3n) is 2.99. The minimum absolute atomic E-state index is 0.162. The quantitative estimate of drug-likeness (QED) is 0.738. The first-order valence-electron chi connectivity index (χ1n) is 6.52. The Bertz CT molecular complexity index is 597. The van der Waals surface area contributed by atoms with Crippen LogP contribution in [0.2, 0.25) is 0 Å². The summed E-state index contributed by atoms with van der Waals surface area (Å²) in [5.74, 6) is 0.162. The van der Waals surface area contributed by atoms with E-state index in [-0.39, 0.29) is 5.78 Å². The molecule has 2 aromatic rings. The second-order valence-corrected chi connectivity index (χ2v) is 7.06. The molecule has 0 saturated carbocycles. The highest BCUT2D eigenvalue weighted by Crippen LogP contribution is 2.22. The Morgan fingerprint density at radius 3 is 2.75 bits per heavy atom. The van der Waals surface area contributed by atoms with Gasteiger partial charge in [-0.05, 0) is 53.7 Å². The van der Waals surface area contributed by atoms with Crippen LogP contribution in [0.1, 0.15) is 28.0 Å². The fourth-order valence-corrected chi connectivity index (χ4v) is 3.26. The van der Waals surface area contributed by atoms with Crippen LogP contribution in [0, 0.1) is 6.92 Å². The number of nitrogens with zero attached hydrogens (tertiary/aromatic N) is 2. The van der Waals surface area contributed by atoms with Gasteiger partial charge in [0.15, 0.2) is 5.78 Å². The molecule has 2 aromatic heterocycles. The highest BCUT2D eigenvalue weighted by atomic mass is 79.9. The number of aromatic nitrogens is 1. The Balaban J connectivity index is 2.00. The first-order valence-corrected chi connectivity index (χ1v) is 8.13. The molecule has 0 atom stereocenters. The van der Waals surface area contributed by atoms with Crippen molar-refractivity contribution in [1.82, 2.24) is 9.88 Å². The van der Waals surface area contributed by atoms with E-state index in [4.69, 9.17) is 0 Å². The second kappa shape index (κ2) is 7.11. The van der Waals surface area contributed by atoms with Gasteiger partial charge in [-0.25, -0.2) is 0 Å². The molecule has 5 heteroatoms. The van der Waals surface area contributed by atoms with Gasteiger partial charge in [0.05, 0.1) is 20.9 Å². The zero-order valence-corrected chi connectivity index (χ0v) is 14.0. The number of hydrogen-bond donors (Lipinski definition) is 0. The number of thiophene rings is 1. The molecule has 0 N–H and O–H groups in total. The van der Waals surface area contributed by atoms with Crippen LogP contribution in [0.3, 0.4) is 0 Å². The molecule has 0 spiro atoms. The van der Waals surface area contributed by atoms with Crippen molar-refractivity contribution in [3.63, 3.8) is 0 Å². The molecular formula is C15H17BrN2OS. The van der Waals surface area contributed by atoms with Gasteiger partial charge >= 0.3 is 0 Å². The van der Waals surface area contributed by atoms with E-state index in [0.717, 1.165) is 26.6 Å². The summed E-state index contributed by atoms with van der Waals surface area (Å²) in [6.45, 7) is 6.00. The number of carbonyl (C=O) groups excluding carboxylic acids is 1. The van der Waals surface area contributed by atoms with E-state index >= 15 is 0 Å². The van der Waals surface area contributed by atoms with Crippen LogP contribution in [0.5, 0.6) is 0 Å². The molecule has 2 rings (SSSR count). The summed E-state index contributed by atoms with van der Waals surface area (Å²) in [7, 11) is 0. The zero-order valence-electron chi connectivity index (χ0n) is 11.6. The van der Waals surface area contributed by atoms with Crippen LogP contribution in [0.4, 0.5) is 0 Å². The van der Waals surface area contributed by atoms with Crippen molar-refractivity contribution in [1.29, 1.82) is 0 Å². The highest BCUT2D eigenvalue weighted by molar-refractivity contribution is 9.11. The van der Waals surface area contributed by atoms with Crippen LogP contribution < -0.4 is 0 Å². The van der Waals surface area contributed by atoms with Gasteiger partial charge in [0.25, 0.3) is 0 Å². The Hall–Kier alpha value is -1.04. The van der Waals surface area contributed by atoms with Gasteiger partial charge in [-0.15, -0.1) is 11.3 Å². The molecule has 0 aliphatic rings. The van der Waals surface area contributed by atoms with Gasteiger partial charge in [-0.1, -0.05) is 13.0 Å². The van der Waals surface area contributed by atoms with Gasteiger partial charge in [0, 0.05) is 12.2 Å². The van der Waals surface area contributed by atoms with E-state index in [0.29, 0.717) is 13.1 Å².